The van der Waals surface area contributed by atoms with Gasteiger partial charge in [-0.1, -0.05) is 106 Å². The fourth-order valence-electron chi connectivity index (χ4n) is 15.5. The first-order valence-electron chi connectivity index (χ1n) is 40.0. The van der Waals surface area contributed by atoms with E-state index in [4.69, 9.17) is 157 Å². The number of aromatic nitrogens is 8. The predicted molar refractivity (Wildman–Crippen MR) is 492 cm³/mol. The first kappa shape index (κ1) is 102. The van der Waals surface area contributed by atoms with Crippen LogP contribution in [-0.4, -0.2) is 192 Å². The molecule has 12 heterocycles. The van der Waals surface area contributed by atoms with E-state index in [9.17, 15) is 39.1 Å². The van der Waals surface area contributed by atoms with E-state index in [-0.39, 0.29) is 123 Å². The molecule has 4 aliphatic rings. The highest BCUT2D eigenvalue weighted by atomic mass is 35.5. The minimum Gasteiger partial charge on any atom is -0.492 e. The number of alkyl halides is 6. The number of fused-ring (bicyclic) bond motifs is 12. The van der Waals surface area contributed by atoms with Crippen molar-refractivity contribution in [3.8, 4) is 88.0 Å². The highest BCUT2D eigenvalue weighted by Crippen LogP contribution is 2.53. The highest BCUT2D eigenvalue weighted by molar-refractivity contribution is 7.88. The van der Waals surface area contributed by atoms with Crippen LogP contribution in [0.2, 0.25) is 40.2 Å². The maximum atomic E-state index is 15.1. The van der Waals surface area contributed by atoms with Gasteiger partial charge in [-0.25, -0.2) is 18.7 Å². The van der Waals surface area contributed by atoms with Crippen molar-refractivity contribution in [2.24, 2.45) is 0 Å². The molecule has 0 amide bonds. The smallest absolute Gasteiger partial charge is 0.425 e. The van der Waals surface area contributed by atoms with Gasteiger partial charge in [0, 0.05) is 106 Å². The minimum atomic E-state index is -4.74. The second kappa shape index (κ2) is 44.3. The van der Waals surface area contributed by atoms with Crippen molar-refractivity contribution in [1.82, 2.24) is 48.9 Å². The third kappa shape index (κ3) is 24.7. The summed E-state index contributed by atoms with van der Waals surface area (Å²) >= 11 is 55.6. The summed E-state index contributed by atoms with van der Waals surface area (Å²) in [6.45, 7) is 5.02. The van der Waals surface area contributed by atoms with Crippen molar-refractivity contribution in [3.05, 3.63) is 193 Å². The Hall–Kier alpha value is -7.48. The number of hydrogen-bond acceptors (Lipinski definition) is 26. The third-order valence-corrected chi connectivity index (χ3v) is 30.1. The Morgan fingerprint density at radius 1 is 0.424 bits per heavy atom. The molecule has 0 spiro atoms. The molecule has 2 N–H and O–H groups in total. The van der Waals surface area contributed by atoms with Crippen LogP contribution >= 0.6 is 138 Å². The topological polar surface area (TPSA) is 344 Å². The molecular formula is C82H76Cl8F6N10O18S8. The lowest BCUT2D eigenvalue weighted by molar-refractivity contribution is -0.154. The summed E-state index contributed by atoms with van der Waals surface area (Å²) in [7, 11) is -11.5. The fraction of sp³-hybridized carbons (Fsp3) is 0.366. The number of hydrogen-bond donors (Lipinski definition) is 2. The van der Waals surface area contributed by atoms with E-state index in [1.807, 2.05) is 33.2 Å². The highest BCUT2D eigenvalue weighted by Gasteiger charge is 2.47. The lowest BCUT2D eigenvalue weighted by Gasteiger charge is -2.22. The van der Waals surface area contributed by atoms with Gasteiger partial charge >= 0.3 is 53.8 Å². The monoisotopic (exact) mass is 2140 g/mol. The molecule has 16 rings (SSSR count). The zero-order chi connectivity index (χ0) is 95.0. The molecular weight excluding hydrogens is 2070 g/mol. The number of rotatable bonds is 30. The molecule has 708 valence electrons. The standard InChI is InChI=1S/C43H39Cl4F6N5O5S3.C39H37Cl4N5O7S3.2O3S/c1-56(15-4-2-6-27(42(48,49)50)36-25-12-17-62-33-14-19-64-40(33)38(25)57(54-36)31-10-8-23(44)20-29(31)46)16-5-3-7-28(43(51,52)53)37-26-13-18-63-34-22-35(66(59,60)61)65-41(34)39(26)58(55-37)32-11-9-24(45)21-30(32)47;1-46(11-2-13-52-21-29-25-8-15-54-33-10-17-56-38(33)36(25)47(44-29)31-6-4-23(40)18-27(31)42)12-3-14-53-22-30-26-9-16-55-34-20-35(58(49,50)51)57-39(34)37(26)48(45-30)32-7-5-24(41)19-28(32)43;2*1-4(2)3/h8-11,14,19-22,27-28H,2-7,12-13,15-18H2,1H3,(H,59,60,61);4-7,10,17-20H,2-3,8-9,11-16,21-22H2,1H3,(H,49,50,51);;. The van der Waals surface area contributed by atoms with Crippen LogP contribution in [-0.2, 0) is 89.8 Å². The van der Waals surface area contributed by atoms with Crippen molar-refractivity contribution in [2.45, 2.75) is 123 Å². The van der Waals surface area contributed by atoms with Crippen LogP contribution in [0.25, 0.3) is 65.0 Å². The van der Waals surface area contributed by atoms with Crippen LogP contribution in [0.1, 0.15) is 108 Å². The van der Waals surface area contributed by atoms with Crippen LogP contribution < -0.4 is 18.9 Å². The van der Waals surface area contributed by atoms with Gasteiger partial charge in [0.2, 0.25) is 0 Å². The zero-order valence-corrected chi connectivity index (χ0v) is 81.6. The first-order chi connectivity index (χ1) is 62.6. The Morgan fingerprint density at radius 3 is 1.05 bits per heavy atom. The van der Waals surface area contributed by atoms with Crippen LogP contribution in [0.5, 0.6) is 23.0 Å². The summed E-state index contributed by atoms with van der Waals surface area (Å²) in [6.07, 6.45) is -5.83. The Kier molecular flexibility index (Phi) is 34.2. The van der Waals surface area contributed by atoms with Gasteiger partial charge in [-0.05, 0) is 161 Å². The molecule has 4 aliphatic heterocycles. The van der Waals surface area contributed by atoms with E-state index < -0.39 is 69.9 Å². The van der Waals surface area contributed by atoms with Gasteiger partial charge < -0.3 is 38.2 Å². The van der Waals surface area contributed by atoms with Crippen LogP contribution in [0.15, 0.2) is 116 Å². The predicted octanol–water partition coefficient (Wildman–Crippen LogP) is 21.2. The van der Waals surface area contributed by atoms with Crippen molar-refractivity contribution >= 4 is 180 Å². The molecule has 50 heteroatoms. The van der Waals surface area contributed by atoms with Crippen LogP contribution in [0.3, 0.4) is 0 Å². The maximum Gasteiger partial charge on any atom is 0.425 e. The minimum absolute atomic E-state index is 0.00798. The SMILES string of the molecule is CN(CCCCC(c1nn(-c2ccc(Cl)cc2Cl)c2c1CCOc1ccsc1-2)C(F)(F)F)CCCCC(c1nn(-c2ccc(Cl)cc2Cl)c2c1CCOc1cc(S(=O)(=O)O)sc1-2)C(F)(F)F.CN(CCCOCc1nn(-c2ccc(Cl)cc2Cl)c2c1CCOc1ccsc1-2)CCCOCc1nn(-c2ccc(Cl)cc2Cl)c2c1CCOc1cc(S(=O)(=O)O)sc1-2.O=S(=O)=O.O=S(=O)=O. The van der Waals surface area contributed by atoms with Crippen molar-refractivity contribution in [1.29, 1.82) is 0 Å². The van der Waals surface area contributed by atoms with Gasteiger partial charge in [0.05, 0.1) is 159 Å². The summed E-state index contributed by atoms with van der Waals surface area (Å²) in [5.74, 6) is -2.12. The van der Waals surface area contributed by atoms with Crippen molar-refractivity contribution in [2.75, 3.05) is 79.9 Å². The first-order valence-corrected chi connectivity index (χ1v) is 51.3. The second-order valence-electron chi connectivity index (χ2n) is 30.1. The largest absolute Gasteiger partial charge is 0.492 e. The Balaban J connectivity index is 0.000000209. The number of unbranched alkanes of at least 4 members (excludes halogenated alkanes) is 2. The number of thiophene rings is 4. The number of benzene rings is 4. The van der Waals surface area contributed by atoms with E-state index in [0.717, 1.165) is 82.2 Å². The number of halogens is 14. The molecule has 0 saturated heterocycles. The summed E-state index contributed by atoms with van der Waals surface area (Å²) in [5, 5.41) is 25.7. The van der Waals surface area contributed by atoms with Crippen molar-refractivity contribution < 1.29 is 106 Å². The average Bonchev–Trinajstić information content (AvgIpc) is 1.60. The van der Waals surface area contributed by atoms with Gasteiger partial charge in [-0.3, -0.25) is 9.11 Å². The van der Waals surface area contributed by atoms with Gasteiger partial charge in [-0.15, -0.1) is 70.6 Å². The second-order valence-corrected chi connectivity index (χ2v) is 41.5. The normalized spacial score (nSPS) is 13.8. The summed E-state index contributed by atoms with van der Waals surface area (Å²) in [5.41, 5.74) is 7.91. The van der Waals surface area contributed by atoms with Gasteiger partial charge in [0.25, 0.3) is 0 Å². The van der Waals surface area contributed by atoms with Crippen molar-refractivity contribution in [3.63, 3.8) is 0 Å². The molecule has 0 aliphatic carbocycles. The maximum absolute atomic E-state index is 15.1. The Labute approximate surface area is 811 Å². The van der Waals surface area contributed by atoms with E-state index in [2.05, 4.69) is 22.1 Å². The molecule has 0 radical (unpaired) electrons. The summed E-state index contributed by atoms with van der Waals surface area (Å²) in [6, 6.07) is 25.8. The number of nitrogens with zero attached hydrogens (tertiary/aromatic N) is 10. The molecule has 0 bridgehead atoms. The molecule has 4 aromatic carbocycles. The number of ether oxygens (including phenoxy) is 6. The average molecular weight is 2140 g/mol. The molecule has 8 aromatic heterocycles. The molecule has 28 nitrogen and oxygen atoms in total. The van der Waals surface area contributed by atoms with E-state index in [1.54, 1.807) is 70.9 Å². The molecule has 2 atom stereocenters. The molecule has 132 heavy (non-hydrogen) atoms. The Morgan fingerprint density at radius 2 is 0.720 bits per heavy atom. The van der Waals surface area contributed by atoms with E-state index in [0.29, 0.717) is 157 Å². The van der Waals surface area contributed by atoms with Gasteiger partial charge in [0.1, 0.15) is 23.0 Å². The quantitative estimate of drug-likeness (QED) is 0.0240. The van der Waals surface area contributed by atoms with Gasteiger partial charge in [-0.2, -0.15) is 63.6 Å². The lowest BCUT2D eigenvalue weighted by Crippen LogP contribution is -2.25. The van der Waals surface area contributed by atoms with Crippen LogP contribution in [0, 0.1) is 0 Å². The Bertz CT molecular complexity index is 6670. The fourth-order valence-corrected chi connectivity index (χ4v) is 22.9. The third-order valence-electron chi connectivity index (χ3n) is 21.3. The van der Waals surface area contributed by atoms with E-state index >= 15 is 13.2 Å². The lowest BCUT2D eigenvalue weighted by atomic mass is 9.92. The van der Waals surface area contributed by atoms with E-state index in [1.165, 1.54) is 51.0 Å². The summed E-state index contributed by atoms with van der Waals surface area (Å²) in [4.78, 5) is 6.47. The molecule has 12 aromatic rings. The van der Waals surface area contributed by atoms with Gasteiger partial charge in [0.15, 0.2) is 8.42 Å². The zero-order valence-electron chi connectivity index (χ0n) is 69.0. The molecule has 0 saturated carbocycles. The molecule has 2 unspecified atom stereocenters. The van der Waals surface area contributed by atoms with Crippen LogP contribution in [0.4, 0.5) is 26.3 Å². The molecule has 0 fully saturated rings. The summed E-state index contributed by atoms with van der Waals surface area (Å²) < 4.78 is 250.